The second-order valence-corrected chi connectivity index (χ2v) is 6.47. The zero-order valence-electron chi connectivity index (χ0n) is 12.7. The van der Waals surface area contributed by atoms with E-state index in [0.717, 1.165) is 24.9 Å². The fraction of sp³-hybridized carbons (Fsp3) is 0.800. The molecule has 2 rings (SSSR count). The molecular formula is C15H28N4. The van der Waals surface area contributed by atoms with Crippen LogP contribution in [0.25, 0.3) is 0 Å². The van der Waals surface area contributed by atoms with Crippen LogP contribution in [-0.2, 0) is 0 Å². The molecule has 2 N–H and O–H groups in total. The minimum absolute atomic E-state index is 0.301. The van der Waals surface area contributed by atoms with Gasteiger partial charge in [-0.2, -0.15) is 0 Å². The van der Waals surface area contributed by atoms with Crippen LogP contribution in [0.1, 0.15) is 51.9 Å². The quantitative estimate of drug-likeness (QED) is 0.908. The molecule has 1 saturated heterocycles. The Bertz CT molecular complexity index is 389. The molecule has 19 heavy (non-hydrogen) atoms. The molecule has 1 fully saturated rings. The van der Waals surface area contributed by atoms with E-state index >= 15 is 0 Å². The summed E-state index contributed by atoms with van der Waals surface area (Å²) in [5.41, 5.74) is 7.33. The molecule has 3 unspecified atom stereocenters. The van der Waals surface area contributed by atoms with E-state index in [-0.39, 0.29) is 0 Å². The molecule has 108 valence electrons. The number of nitrogens with zero attached hydrogens (tertiary/aromatic N) is 3. The average Bonchev–Trinajstić information content (AvgIpc) is 2.78. The molecular weight excluding hydrogens is 236 g/mol. The monoisotopic (exact) mass is 264 g/mol. The Hall–Kier alpha value is -0.870. The number of hydrogen-bond donors (Lipinski definition) is 1. The van der Waals surface area contributed by atoms with Gasteiger partial charge in [0.1, 0.15) is 0 Å². The third-order valence-electron chi connectivity index (χ3n) is 4.15. The molecule has 0 aromatic carbocycles. The predicted molar refractivity (Wildman–Crippen MR) is 78.9 cm³/mol. The Morgan fingerprint density at radius 2 is 1.95 bits per heavy atom. The van der Waals surface area contributed by atoms with Crippen molar-refractivity contribution in [1.82, 2.24) is 14.5 Å². The standard InChI is InChI=1S/C15H28N4/c1-11(2)19-10-17-7-15(19)14(6-16)18-8-12(3)5-13(4)9-18/h7,10-14H,5-6,8-9,16H2,1-4H3. The summed E-state index contributed by atoms with van der Waals surface area (Å²) < 4.78 is 2.25. The van der Waals surface area contributed by atoms with Crippen molar-refractivity contribution in [2.45, 2.75) is 46.2 Å². The van der Waals surface area contributed by atoms with Gasteiger partial charge in [-0.15, -0.1) is 0 Å². The van der Waals surface area contributed by atoms with Crippen LogP contribution < -0.4 is 5.73 Å². The minimum atomic E-state index is 0.301. The Labute approximate surface area is 117 Å². The number of imidazole rings is 1. The van der Waals surface area contributed by atoms with Crippen LogP contribution in [0.2, 0.25) is 0 Å². The number of piperidine rings is 1. The van der Waals surface area contributed by atoms with Crippen LogP contribution in [-0.4, -0.2) is 34.1 Å². The SMILES string of the molecule is CC1CC(C)CN(C(CN)c2cncn2C(C)C)C1. The molecule has 0 bridgehead atoms. The first kappa shape index (κ1) is 14.5. The summed E-state index contributed by atoms with van der Waals surface area (Å²) >= 11 is 0. The summed E-state index contributed by atoms with van der Waals surface area (Å²) in [5, 5.41) is 0. The topological polar surface area (TPSA) is 47.1 Å². The van der Waals surface area contributed by atoms with Crippen molar-refractivity contribution in [3.8, 4) is 0 Å². The highest BCUT2D eigenvalue weighted by Crippen LogP contribution is 2.29. The van der Waals surface area contributed by atoms with Crippen molar-refractivity contribution in [1.29, 1.82) is 0 Å². The average molecular weight is 264 g/mol. The van der Waals surface area contributed by atoms with Crippen molar-refractivity contribution in [3.63, 3.8) is 0 Å². The van der Waals surface area contributed by atoms with Gasteiger partial charge in [0, 0.05) is 31.9 Å². The second kappa shape index (κ2) is 6.06. The summed E-state index contributed by atoms with van der Waals surface area (Å²) in [5.74, 6) is 1.52. The van der Waals surface area contributed by atoms with Crippen molar-refractivity contribution < 1.29 is 0 Å². The van der Waals surface area contributed by atoms with Crippen LogP contribution in [0.5, 0.6) is 0 Å². The lowest BCUT2D eigenvalue weighted by Gasteiger charge is -2.40. The number of hydrogen-bond acceptors (Lipinski definition) is 3. The van der Waals surface area contributed by atoms with Gasteiger partial charge in [0.2, 0.25) is 0 Å². The van der Waals surface area contributed by atoms with Crippen molar-refractivity contribution >= 4 is 0 Å². The molecule has 0 saturated carbocycles. The Kier molecular flexibility index (Phi) is 4.63. The number of nitrogens with two attached hydrogens (primary N) is 1. The smallest absolute Gasteiger partial charge is 0.0951 e. The lowest BCUT2D eigenvalue weighted by Crippen LogP contribution is -2.44. The third kappa shape index (κ3) is 3.18. The van der Waals surface area contributed by atoms with Gasteiger partial charge in [0.15, 0.2) is 0 Å². The summed E-state index contributed by atoms with van der Waals surface area (Å²) in [6.07, 6.45) is 5.25. The first-order chi connectivity index (χ1) is 9.02. The van der Waals surface area contributed by atoms with Gasteiger partial charge in [-0.3, -0.25) is 4.90 Å². The van der Waals surface area contributed by atoms with Crippen molar-refractivity contribution in [3.05, 3.63) is 18.2 Å². The molecule has 1 aromatic heterocycles. The van der Waals surface area contributed by atoms with Crippen molar-refractivity contribution in [2.24, 2.45) is 17.6 Å². The van der Waals surface area contributed by atoms with E-state index in [4.69, 9.17) is 5.73 Å². The van der Waals surface area contributed by atoms with E-state index in [2.05, 4.69) is 42.1 Å². The predicted octanol–water partition coefficient (Wildman–Crippen LogP) is 2.44. The number of likely N-dealkylation sites (tertiary alicyclic amines) is 1. The molecule has 1 aliphatic rings. The molecule has 3 atom stereocenters. The fourth-order valence-electron chi connectivity index (χ4n) is 3.43. The molecule has 0 aliphatic carbocycles. The highest BCUT2D eigenvalue weighted by molar-refractivity contribution is 5.08. The number of aromatic nitrogens is 2. The highest BCUT2D eigenvalue weighted by Gasteiger charge is 2.29. The first-order valence-electron chi connectivity index (χ1n) is 7.48. The van der Waals surface area contributed by atoms with E-state index in [0.29, 0.717) is 18.6 Å². The molecule has 4 nitrogen and oxygen atoms in total. The largest absolute Gasteiger partial charge is 0.331 e. The molecule has 1 aromatic rings. The highest BCUT2D eigenvalue weighted by atomic mass is 15.2. The van der Waals surface area contributed by atoms with E-state index in [1.807, 2.05) is 12.5 Å². The molecule has 2 heterocycles. The number of rotatable bonds is 4. The zero-order valence-corrected chi connectivity index (χ0v) is 12.7. The van der Waals surface area contributed by atoms with Gasteiger partial charge >= 0.3 is 0 Å². The maximum Gasteiger partial charge on any atom is 0.0951 e. The van der Waals surface area contributed by atoms with Crippen molar-refractivity contribution in [2.75, 3.05) is 19.6 Å². The maximum atomic E-state index is 6.07. The van der Waals surface area contributed by atoms with E-state index in [9.17, 15) is 0 Å². The fourth-order valence-corrected chi connectivity index (χ4v) is 3.43. The lowest BCUT2D eigenvalue weighted by molar-refractivity contribution is 0.0943. The minimum Gasteiger partial charge on any atom is -0.331 e. The van der Waals surface area contributed by atoms with Crippen LogP contribution in [0.15, 0.2) is 12.5 Å². The molecule has 0 spiro atoms. The first-order valence-corrected chi connectivity index (χ1v) is 7.48. The van der Waals surface area contributed by atoms with Crippen LogP contribution in [0.4, 0.5) is 0 Å². The maximum absolute atomic E-state index is 6.07. The van der Waals surface area contributed by atoms with E-state index in [1.165, 1.54) is 12.1 Å². The summed E-state index contributed by atoms with van der Waals surface area (Å²) in [4.78, 5) is 6.88. The summed E-state index contributed by atoms with van der Waals surface area (Å²) in [7, 11) is 0. The second-order valence-electron chi connectivity index (χ2n) is 6.47. The van der Waals surface area contributed by atoms with Crippen LogP contribution in [0.3, 0.4) is 0 Å². The Morgan fingerprint density at radius 1 is 1.32 bits per heavy atom. The van der Waals surface area contributed by atoms with Crippen LogP contribution >= 0.6 is 0 Å². The lowest BCUT2D eigenvalue weighted by atomic mass is 9.90. The molecule has 1 aliphatic heterocycles. The molecule has 0 amide bonds. The Balaban J connectivity index is 2.21. The van der Waals surface area contributed by atoms with Gasteiger partial charge in [0.05, 0.1) is 18.1 Å². The van der Waals surface area contributed by atoms with Gasteiger partial charge < -0.3 is 10.3 Å². The van der Waals surface area contributed by atoms with E-state index in [1.54, 1.807) is 0 Å². The zero-order chi connectivity index (χ0) is 14.0. The van der Waals surface area contributed by atoms with Gasteiger partial charge in [-0.25, -0.2) is 4.98 Å². The molecule has 4 heteroatoms. The summed E-state index contributed by atoms with van der Waals surface area (Å²) in [6.45, 7) is 12.0. The van der Waals surface area contributed by atoms with Gasteiger partial charge in [0.25, 0.3) is 0 Å². The summed E-state index contributed by atoms with van der Waals surface area (Å²) in [6, 6.07) is 0.737. The van der Waals surface area contributed by atoms with Crippen LogP contribution in [0, 0.1) is 11.8 Å². The van der Waals surface area contributed by atoms with E-state index < -0.39 is 0 Å². The third-order valence-corrected chi connectivity index (χ3v) is 4.15. The van der Waals surface area contributed by atoms with Gasteiger partial charge in [-0.1, -0.05) is 13.8 Å². The normalized spacial score (nSPS) is 26.8. The Morgan fingerprint density at radius 3 is 2.47 bits per heavy atom. The van der Waals surface area contributed by atoms with Gasteiger partial charge in [-0.05, 0) is 32.1 Å². The molecule has 0 radical (unpaired) electrons.